The number of aliphatic carboxylic acids is 1. The second-order valence-electron chi connectivity index (χ2n) is 9.52. The summed E-state index contributed by atoms with van der Waals surface area (Å²) in [5.41, 5.74) is 2.10. The first-order valence-corrected chi connectivity index (χ1v) is 11.9. The predicted molar refractivity (Wildman–Crippen MR) is 124 cm³/mol. The van der Waals surface area contributed by atoms with Gasteiger partial charge < -0.3 is 24.1 Å². The van der Waals surface area contributed by atoms with Crippen molar-refractivity contribution in [3.8, 4) is 28.4 Å². The Labute approximate surface area is 199 Å². The molecule has 1 atom stereocenters. The van der Waals surface area contributed by atoms with Gasteiger partial charge in [-0.05, 0) is 61.4 Å². The summed E-state index contributed by atoms with van der Waals surface area (Å²) in [4.78, 5) is 24.4. The highest BCUT2D eigenvalue weighted by molar-refractivity contribution is 5.94. The van der Waals surface area contributed by atoms with Crippen LogP contribution in [-0.2, 0) is 16.1 Å². The van der Waals surface area contributed by atoms with Gasteiger partial charge in [0, 0.05) is 11.1 Å². The minimum atomic E-state index is -0.890. The number of ether oxygens (including phenoxy) is 4. The van der Waals surface area contributed by atoms with E-state index in [0.717, 1.165) is 48.8 Å². The maximum atomic E-state index is 12.5. The normalized spacial score (nSPS) is 19.6. The van der Waals surface area contributed by atoms with Gasteiger partial charge in [-0.15, -0.1) is 0 Å². The van der Waals surface area contributed by atoms with Crippen molar-refractivity contribution in [1.82, 2.24) is 0 Å². The minimum absolute atomic E-state index is 0.172. The zero-order valence-electron chi connectivity index (χ0n) is 19.6. The monoisotopic (exact) mass is 466 g/mol. The molecule has 0 aromatic heterocycles. The van der Waals surface area contributed by atoms with Crippen molar-refractivity contribution in [3.63, 3.8) is 0 Å². The van der Waals surface area contributed by atoms with E-state index in [0.29, 0.717) is 35.7 Å². The molecule has 5 rings (SSSR count). The molecule has 7 heteroatoms. The van der Waals surface area contributed by atoms with E-state index in [-0.39, 0.29) is 18.5 Å². The molecule has 2 aromatic carbocycles. The van der Waals surface area contributed by atoms with Crippen molar-refractivity contribution in [2.24, 2.45) is 11.3 Å². The van der Waals surface area contributed by atoms with Gasteiger partial charge in [-0.25, -0.2) is 4.79 Å². The molecule has 0 bridgehead atoms. The Morgan fingerprint density at radius 3 is 2.38 bits per heavy atom. The van der Waals surface area contributed by atoms with Crippen molar-refractivity contribution in [2.45, 2.75) is 57.7 Å². The van der Waals surface area contributed by atoms with E-state index < -0.39 is 17.5 Å². The van der Waals surface area contributed by atoms with Gasteiger partial charge in [0.05, 0.1) is 19.8 Å². The van der Waals surface area contributed by atoms with Crippen molar-refractivity contribution in [3.05, 3.63) is 41.5 Å². The number of carboxylic acid groups (broad SMARTS) is 1. The fourth-order valence-corrected chi connectivity index (χ4v) is 5.77. The highest BCUT2D eigenvalue weighted by atomic mass is 16.5. The van der Waals surface area contributed by atoms with Gasteiger partial charge in [-0.3, -0.25) is 4.79 Å². The maximum absolute atomic E-state index is 12.5. The first-order chi connectivity index (χ1) is 16.5. The Bertz CT molecular complexity index is 1110. The third-order valence-electron chi connectivity index (χ3n) is 7.78. The topological polar surface area (TPSA) is 91.3 Å². The van der Waals surface area contributed by atoms with Crippen molar-refractivity contribution < 1.29 is 33.6 Å². The molecule has 7 nitrogen and oxygen atoms in total. The number of methoxy groups -OCH3 is 2. The molecule has 1 aliphatic heterocycles. The number of hydrogen-bond donors (Lipinski definition) is 1. The summed E-state index contributed by atoms with van der Waals surface area (Å²) in [6.45, 7) is 0.234. The van der Waals surface area contributed by atoms with Crippen LogP contribution in [0.5, 0.6) is 17.2 Å². The van der Waals surface area contributed by atoms with Crippen LogP contribution in [0.3, 0.4) is 0 Å². The number of carboxylic acids is 1. The molecule has 3 aliphatic rings. The highest BCUT2D eigenvalue weighted by Gasteiger charge is 2.55. The zero-order valence-corrected chi connectivity index (χ0v) is 19.6. The molecule has 1 heterocycles. The Morgan fingerprint density at radius 1 is 1.03 bits per heavy atom. The van der Waals surface area contributed by atoms with Gasteiger partial charge in [0.2, 0.25) is 5.75 Å². The van der Waals surface area contributed by atoms with E-state index in [2.05, 4.69) is 0 Å². The lowest BCUT2D eigenvalue weighted by Crippen LogP contribution is -2.53. The van der Waals surface area contributed by atoms with Crippen LogP contribution in [0.1, 0.15) is 60.9 Å². The summed E-state index contributed by atoms with van der Waals surface area (Å²) in [5.74, 6) is 0.509. The average molecular weight is 467 g/mol. The van der Waals surface area contributed by atoms with Crippen molar-refractivity contribution >= 4 is 11.9 Å². The van der Waals surface area contributed by atoms with Crippen LogP contribution >= 0.6 is 0 Å². The molecule has 2 aromatic rings. The van der Waals surface area contributed by atoms with Crippen LogP contribution in [-0.4, -0.2) is 37.4 Å². The number of carbonyl (C=O) groups is 2. The van der Waals surface area contributed by atoms with Crippen LogP contribution in [0.4, 0.5) is 0 Å². The van der Waals surface area contributed by atoms with Gasteiger partial charge in [0.15, 0.2) is 11.5 Å². The predicted octanol–water partition coefficient (Wildman–Crippen LogP) is 5.23. The van der Waals surface area contributed by atoms with Crippen LogP contribution < -0.4 is 14.2 Å². The first-order valence-electron chi connectivity index (χ1n) is 11.9. The molecular formula is C27H30O7. The highest BCUT2D eigenvalue weighted by Crippen LogP contribution is 2.53. The zero-order chi connectivity index (χ0) is 23.9. The summed E-state index contributed by atoms with van der Waals surface area (Å²) >= 11 is 0. The van der Waals surface area contributed by atoms with Crippen LogP contribution in [0, 0.1) is 11.3 Å². The van der Waals surface area contributed by atoms with Gasteiger partial charge in [-0.1, -0.05) is 25.3 Å². The van der Waals surface area contributed by atoms with Gasteiger partial charge in [0.25, 0.3) is 0 Å². The SMILES string of the molecule is COc1ccc(-c2ccc3c(c2)COC3=O)c(OC(C2CCCC2)C2(C(=O)O)CCC2)c1OC. The van der Waals surface area contributed by atoms with Gasteiger partial charge >= 0.3 is 11.9 Å². The summed E-state index contributed by atoms with van der Waals surface area (Å²) in [5, 5.41) is 10.3. The number of rotatable bonds is 8. The quantitative estimate of drug-likeness (QED) is 0.533. The third-order valence-corrected chi connectivity index (χ3v) is 7.78. The number of hydrogen-bond acceptors (Lipinski definition) is 6. The molecule has 2 aliphatic carbocycles. The Morgan fingerprint density at radius 2 is 1.76 bits per heavy atom. The smallest absolute Gasteiger partial charge is 0.338 e. The van der Waals surface area contributed by atoms with Crippen LogP contribution in [0.15, 0.2) is 30.3 Å². The molecule has 1 unspecified atom stereocenters. The maximum Gasteiger partial charge on any atom is 0.338 e. The molecule has 180 valence electrons. The summed E-state index contributed by atoms with van der Waals surface area (Å²) < 4.78 is 23.2. The van der Waals surface area contributed by atoms with E-state index in [1.807, 2.05) is 24.3 Å². The lowest BCUT2D eigenvalue weighted by Gasteiger charge is -2.46. The molecule has 2 saturated carbocycles. The first kappa shape index (κ1) is 22.6. The Balaban J connectivity index is 1.63. The van der Waals surface area contributed by atoms with Gasteiger partial charge in [-0.2, -0.15) is 0 Å². The van der Waals surface area contributed by atoms with Crippen LogP contribution in [0.2, 0.25) is 0 Å². The van der Waals surface area contributed by atoms with Crippen molar-refractivity contribution in [2.75, 3.05) is 14.2 Å². The molecule has 0 amide bonds. The molecule has 0 spiro atoms. The number of carbonyl (C=O) groups excluding carboxylic acids is 1. The standard InChI is InChI=1S/C27H30O7/c1-31-21-11-10-19(17-8-9-20-18(14-17)15-33-25(20)28)22(23(21)32-2)34-24(16-6-3-4-7-16)27(26(29)30)12-5-13-27/h8-11,14,16,24H,3-7,12-13,15H2,1-2H3,(H,29,30). The van der Waals surface area contributed by atoms with E-state index in [4.69, 9.17) is 18.9 Å². The van der Waals surface area contributed by atoms with Crippen LogP contribution in [0.25, 0.3) is 11.1 Å². The molecule has 1 N–H and O–H groups in total. The number of benzene rings is 2. The minimum Gasteiger partial charge on any atom is -0.493 e. The molecule has 34 heavy (non-hydrogen) atoms. The number of esters is 1. The molecule has 2 fully saturated rings. The summed E-state index contributed by atoms with van der Waals surface area (Å²) in [6.07, 6.45) is 5.74. The largest absolute Gasteiger partial charge is 0.493 e. The number of fused-ring (bicyclic) bond motifs is 1. The molecular weight excluding hydrogens is 436 g/mol. The molecule has 0 radical (unpaired) electrons. The van der Waals surface area contributed by atoms with Gasteiger partial charge in [0.1, 0.15) is 18.1 Å². The fraction of sp³-hybridized carbons (Fsp3) is 0.481. The van der Waals surface area contributed by atoms with E-state index in [1.165, 1.54) is 0 Å². The number of cyclic esters (lactones) is 1. The second kappa shape index (κ2) is 8.85. The summed E-state index contributed by atoms with van der Waals surface area (Å²) in [6, 6.07) is 9.27. The van der Waals surface area contributed by atoms with E-state index in [9.17, 15) is 14.7 Å². The third kappa shape index (κ3) is 3.58. The van der Waals surface area contributed by atoms with E-state index in [1.54, 1.807) is 20.3 Å². The lowest BCUT2D eigenvalue weighted by molar-refractivity contribution is -0.167. The second-order valence-corrected chi connectivity index (χ2v) is 9.52. The van der Waals surface area contributed by atoms with E-state index >= 15 is 0 Å². The Kier molecular flexibility index (Phi) is 5.88. The fourth-order valence-electron chi connectivity index (χ4n) is 5.77. The lowest BCUT2D eigenvalue weighted by atomic mass is 9.62. The van der Waals surface area contributed by atoms with Crippen molar-refractivity contribution in [1.29, 1.82) is 0 Å². The average Bonchev–Trinajstić information content (AvgIpc) is 3.47. The summed E-state index contributed by atoms with van der Waals surface area (Å²) in [7, 11) is 3.13. The Hall–Kier alpha value is -3.22. The molecule has 0 saturated heterocycles.